The Balaban J connectivity index is 1.51. The van der Waals surface area contributed by atoms with Crippen LogP contribution in [0.5, 0.6) is 11.5 Å². The molecule has 2 aromatic rings. The minimum Gasteiger partial charge on any atom is -0.497 e. The summed E-state index contributed by atoms with van der Waals surface area (Å²) in [7, 11) is 1.64. The average Bonchev–Trinajstić information content (AvgIpc) is 2.89. The van der Waals surface area contributed by atoms with Gasteiger partial charge in [-0.3, -0.25) is 4.79 Å². The number of carbonyl (C=O) groups excluding carboxylic acids is 1. The number of para-hydroxylation sites is 1. The molecule has 4 nitrogen and oxygen atoms in total. The first-order valence-electron chi connectivity index (χ1n) is 7.64. The zero-order valence-electron chi connectivity index (χ0n) is 12.9. The molecule has 0 fully saturated rings. The van der Waals surface area contributed by atoms with Crippen molar-refractivity contribution in [1.82, 2.24) is 4.90 Å². The summed E-state index contributed by atoms with van der Waals surface area (Å²) in [5.41, 5.74) is 2.94. The Morgan fingerprint density at radius 2 is 1.91 bits per heavy atom. The fraction of sp³-hybridized carbons (Fsp3) is 0.211. The van der Waals surface area contributed by atoms with E-state index in [0.29, 0.717) is 19.5 Å². The first kappa shape index (κ1) is 13.9. The van der Waals surface area contributed by atoms with Crippen LogP contribution in [0.25, 0.3) is 0 Å². The van der Waals surface area contributed by atoms with Gasteiger partial charge in [0.15, 0.2) is 0 Å². The molecule has 0 atom stereocenters. The summed E-state index contributed by atoms with van der Waals surface area (Å²) in [6.07, 6.45) is 0.656. The lowest BCUT2D eigenvalue weighted by molar-refractivity contribution is -0.126. The van der Waals surface area contributed by atoms with Crippen molar-refractivity contribution in [3.63, 3.8) is 0 Å². The summed E-state index contributed by atoms with van der Waals surface area (Å²) < 4.78 is 11.1. The molecule has 0 N–H and O–H groups in total. The van der Waals surface area contributed by atoms with Gasteiger partial charge < -0.3 is 14.4 Å². The van der Waals surface area contributed by atoms with Crippen LogP contribution in [0.2, 0.25) is 0 Å². The van der Waals surface area contributed by atoms with Gasteiger partial charge in [-0.2, -0.15) is 0 Å². The molecule has 4 rings (SSSR count). The van der Waals surface area contributed by atoms with Crippen molar-refractivity contribution in [2.45, 2.75) is 13.0 Å². The van der Waals surface area contributed by atoms with E-state index in [9.17, 15) is 4.79 Å². The van der Waals surface area contributed by atoms with Crippen LogP contribution >= 0.6 is 0 Å². The molecule has 2 heterocycles. The Labute approximate surface area is 134 Å². The van der Waals surface area contributed by atoms with Crippen LogP contribution in [0.4, 0.5) is 0 Å². The highest BCUT2D eigenvalue weighted by molar-refractivity contribution is 5.97. The second kappa shape index (κ2) is 5.47. The van der Waals surface area contributed by atoms with Gasteiger partial charge >= 0.3 is 0 Å². The topological polar surface area (TPSA) is 38.8 Å². The Kier molecular flexibility index (Phi) is 3.30. The predicted molar refractivity (Wildman–Crippen MR) is 86.2 cm³/mol. The molecule has 0 saturated carbocycles. The van der Waals surface area contributed by atoms with Gasteiger partial charge in [-0.15, -0.1) is 0 Å². The molecule has 2 aromatic carbocycles. The van der Waals surface area contributed by atoms with Crippen molar-refractivity contribution >= 4 is 5.91 Å². The fourth-order valence-electron chi connectivity index (χ4n) is 3.07. The van der Waals surface area contributed by atoms with E-state index in [1.54, 1.807) is 7.11 Å². The molecule has 23 heavy (non-hydrogen) atoms. The number of hydrogen-bond donors (Lipinski definition) is 0. The number of nitrogens with zero attached hydrogens (tertiary/aromatic N) is 1. The van der Waals surface area contributed by atoms with Crippen LogP contribution in [-0.4, -0.2) is 24.5 Å². The van der Waals surface area contributed by atoms with E-state index in [0.717, 1.165) is 34.0 Å². The number of amides is 1. The number of benzene rings is 2. The summed E-state index contributed by atoms with van der Waals surface area (Å²) in [6.45, 7) is 1.12. The first-order chi connectivity index (χ1) is 11.2. The molecule has 0 radical (unpaired) electrons. The lowest BCUT2D eigenvalue weighted by Crippen LogP contribution is -2.27. The SMILES string of the molecule is COc1ccc(CN2CC3=C(Cc4ccccc4O3)C2=O)cc1. The molecule has 116 valence electrons. The van der Waals surface area contributed by atoms with Crippen LogP contribution in [-0.2, 0) is 17.8 Å². The monoisotopic (exact) mass is 307 g/mol. The average molecular weight is 307 g/mol. The minimum absolute atomic E-state index is 0.0744. The molecule has 2 aliphatic rings. The molecule has 0 spiro atoms. The maximum Gasteiger partial charge on any atom is 0.254 e. The maximum absolute atomic E-state index is 12.6. The van der Waals surface area contributed by atoms with Gasteiger partial charge in [0.2, 0.25) is 0 Å². The van der Waals surface area contributed by atoms with Crippen molar-refractivity contribution in [2.75, 3.05) is 13.7 Å². The van der Waals surface area contributed by atoms with Gasteiger partial charge in [0.05, 0.1) is 19.2 Å². The Morgan fingerprint density at radius 1 is 1.13 bits per heavy atom. The van der Waals surface area contributed by atoms with Crippen molar-refractivity contribution in [2.24, 2.45) is 0 Å². The van der Waals surface area contributed by atoms with Crippen molar-refractivity contribution in [3.8, 4) is 11.5 Å². The number of rotatable bonds is 3. The molecule has 0 bridgehead atoms. The Morgan fingerprint density at radius 3 is 2.70 bits per heavy atom. The second-order valence-electron chi connectivity index (χ2n) is 5.80. The highest BCUT2D eigenvalue weighted by atomic mass is 16.5. The van der Waals surface area contributed by atoms with E-state index in [4.69, 9.17) is 9.47 Å². The Hall–Kier alpha value is -2.75. The second-order valence-corrected chi connectivity index (χ2v) is 5.80. The van der Waals surface area contributed by atoms with Crippen LogP contribution in [0.3, 0.4) is 0 Å². The number of fused-ring (bicyclic) bond motifs is 1. The van der Waals surface area contributed by atoms with Crippen LogP contribution in [0, 0.1) is 0 Å². The molecular formula is C19H17NO3. The lowest BCUT2D eigenvalue weighted by Gasteiger charge is -2.17. The van der Waals surface area contributed by atoms with Gasteiger partial charge in [-0.05, 0) is 29.3 Å². The molecule has 1 amide bonds. The third kappa shape index (κ3) is 2.46. The summed E-state index contributed by atoms with van der Waals surface area (Å²) in [6, 6.07) is 15.7. The summed E-state index contributed by atoms with van der Waals surface area (Å²) in [5.74, 6) is 2.55. The van der Waals surface area contributed by atoms with Gasteiger partial charge in [0.1, 0.15) is 17.3 Å². The fourth-order valence-corrected chi connectivity index (χ4v) is 3.07. The maximum atomic E-state index is 12.6. The van der Waals surface area contributed by atoms with E-state index in [-0.39, 0.29) is 5.91 Å². The summed E-state index contributed by atoms with van der Waals surface area (Å²) in [5, 5.41) is 0. The van der Waals surface area contributed by atoms with Crippen molar-refractivity contribution in [3.05, 3.63) is 71.0 Å². The van der Waals surface area contributed by atoms with Crippen molar-refractivity contribution in [1.29, 1.82) is 0 Å². The molecule has 0 aromatic heterocycles. The lowest BCUT2D eigenvalue weighted by atomic mass is 10.0. The van der Waals surface area contributed by atoms with Gasteiger partial charge in [0, 0.05) is 13.0 Å². The zero-order chi connectivity index (χ0) is 15.8. The minimum atomic E-state index is 0.0744. The van der Waals surface area contributed by atoms with Gasteiger partial charge in [-0.1, -0.05) is 30.3 Å². The van der Waals surface area contributed by atoms with Crippen LogP contribution in [0.1, 0.15) is 11.1 Å². The van der Waals surface area contributed by atoms with Crippen LogP contribution < -0.4 is 9.47 Å². The molecule has 0 unspecified atom stereocenters. The highest BCUT2D eigenvalue weighted by Gasteiger charge is 2.35. The predicted octanol–water partition coefficient (Wildman–Crippen LogP) is 2.93. The third-order valence-corrected chi connectivity index (χ3v) is 4.32. The van der Waals surface area contributed by atoms with E-state index in [1.807, 2.05) is 53.4 Å². The number of hydrogen-bond acceptors (Lipinski definition) is 3. The van der Waals surface area contributed by atoms with E-state index < -0.39 is 0 Å². The largest absolute Gasteiger partial charge is 0.497 e. The van der Waals surface area contributed by atoms with Crippen molar-refractivity contribution < 1.29 is 14.3 Å². The molecule has 2 aliphatic heterocycles. The van der Waals surface area contributed by atoms with Gasteiger partial charge in [0.25, 0.3) is 5.91 Å². The quantitative estimate of drug-likeness (QED) is 0.875. The first-order valence-corrected chi connectivity index (χ1v) is 7.64. The molecule has 0 saturated heterocycles. The zero-order valence-corrected chi connectivity index (χ0v) is 12.9. The van der Waals surface area contributed by atoms with Gasteiger partial charge in [-0.25, -0.2) is 0 Å². The standard InChI is InChI=1S/C19H17NO3/c1-22-15-8-6-13(7-9-15)11-20-12-18-16(19(20)21)10-14-4-2-3-5-17(14)23-18/h2-9H,10-12H2,1H3. The normalized spacial score (nSPS) is 16.0. The molecule has 0 aliphatic carbocycles. The molecule has 4 heteroatoms. The number of ether oxygens (including phenoxy) is 2. The van der Waals surface area contributed by atoms with E-state index >= 15 is 0 Å². The number of carbonyl (C=O) groups is 1. The van der Waals surface area contributed by atoms with E-state index in [1.165, 1.54) is 0 Å². The van der Waals surface area contributed by atoms with E-state index in [2.05, 4.69) is 0 Å². The third-order valence-electron chi connectivity index (χ3n) is 4.32. The Bertz CT molecular complexity index is 793. The highest BCUT2D eigenvalue weighted by Crippen LogP contribution is 2.34. The van der Waals surface area contributed by atoms with Crippen LogP contribution in [0.15, 0.2) is 59.9 Å². The number of methoxy groups -OCH3 is 1. The summed E-state index contributed by atoms with van der Waals surface area (Å²) in [4.78, 5) is 14.5. The summed E-state index contributed by atoms with van der Waals surface area (Å²) >= 11 is 0. The smallest absolute Gasteiger partial charge is 0.254 e. The molecular weight excluding hydrogens is 290 g/mol.